The van der Waals surface area contributed by atoms with Crippen LogP contribution in [0.4, 0.5) is 4.79 Å². The molecule has 1 amide bonds. The molecule has 2 fully saturated rings. The summed E-state index contributed by atoms with van der Waals surface area (Å²) in [6, 6.07) is 28.3. The highest BCUT2D eigenvalue weighted by Crippen LogP contribution is 2.38. The van der Waals surface area contributed by atoms with Gasteiger partial charge in [0.2, 0.25) is 0 Å². The average Bonchev–Trinajstić information content (AvgIpc) is 3.55. The fourth-order valence-corrected chi connectivity index (χ4v) is 7.51. The third-order valence-corrected chi connectivity index (χ3v) is 10.1. The molecular weight excluding hydrogens is 727 g/mol. The first-order valence-corrected chi connectivity index (χ1v) is 19.9. The molecule has 0 bridgehead atoms. The van der Waals surface area contributed by atoms with E-state index in [-0.39, 0.29) is 30.1 Å². The molecule has 0 N–H and O–H groups in total. The number of rotatable bonds is 17. The van der Waals surface area contributed by atoms with E-state index in [0.717, 1.165) is 51.1 Å². The van der Waals surface area contributed by atoms with Crippen LogP contribution in [0.3, 0.4) is 0 Å². The Morgan fingerprint density at radius 3 is 2.33 bits per heavy atom. The zero-order chi connectivity index (χ0) is 40.4. The minimum absolute atomic E-state index is 0.111. The van der Waals surface area contributed by atoms with Gasteiger partial charge in [0.05, 0.1) is 73.1 Å². The normalized spacial score (nSPS) is 20.7. The first-order chi connectivity index (χ1) is 27.4. The highest BCUT2D eigenvalue weighted by atomic mass is 16.7. The summed E-state index contributed by atoms with van der Waals surface area (Å²) in [4.78, 5) is 15.4. The van der Waals surface area contributed by atoms with Crippen molar-refractivity contribution < 1.29 is 47.4 Å². The zero-order valence-electron chi connectivity index (χ0n) is 34.5. The van der Waals surface area contributed by atoms with Crippen LogP contribution in [0.2, 0.25) is 0 Å². The Morgan fingerprint density at radius 2 is 1.60 bits per heavy atom. The number of amides is 1. The summed E-state index contributed by atoms with van der Waals surface area (Å²) in [5, 5.41) is 2.10. The molecule has 4 atom stereocenters. The fourth-order valence-electron chi connectivity index (χ4n) is 7.51. The van der Waals surface area contributed by atoms with Gasteiger partial charge in [0.25, 0.3) is 0 Å². The maximum atomic E-state index is 13.6. The van der Waals surface area contributed by atoms with Crippen molar-refractivity contribution in [2.75, 3.05) is 60.3 Å². The van der Waals surface area contributed by atoms with Crippen LogP contribution in [0, 0.1) is 5.92 Å². The van der Waals surface area contributed by atoms with Gasteiger partial charge >= 0.3 is 6.09 Å². The van der Waals surface area contributed by atoms with Gasteiger partial charge < -0.3 is 47.5 Å². The van der Waals surface area contributed by atoms with Crippen LogP contribution in [-0.2, 0) is 41.6 Å². The van der Waals surface area contributed by atoms with E-state index in [1.54, 1.807) is 19.1 Å². The Kier molecular flexibility index (Phi) is 14.3. The van der Waals surface area contributed by atoms with Crippen LogP contribution in [-0.4, -0.2) is 94.9 Å². The second-order valence-corrected chi connectivity index (χ2v) is 16.2. The Labute approximate surface area is 337 Å². The lowest BCUT2D eigenvalue weighted by atomic mass is 9.78. The average molecular weight is 786 g/mol. The van der Waals surface area contributed by atoms with Crippen molar-refractivity contribution >= 4 is 16.9 Å². The summed E-state index contributed by atoms with van der Waals surface area (Å²) in [5.41, 5.74) is 2.41. The molecule has 2 heterocycles. The summed E-state index contributed by atoms with van der Waals surface area (Å²) >= 11 is 0. The second-order valence-electron chi connectivity index (χ2n) is 16.2. The number of carbonyl (C=O) groups excluding carboxylic acids is 1. The van der Waals surface area contributed by atoms with Crippen LogP contribution in [0.25, 0.3) is 10.8 Å². The number of hydrogen-bond acceptors (Lipinski definition) is 10. The van der Waals surface area contributed by atoms with Crippen LogP contribution in [0.5, 0.6) is 17.2 Å². The number of ether oxygens (including phenoxy) is 9. The minimum atomic E-state index is -0.651. The molecule has 0 aromatic heterocycles. The lowest BCUT2D eigenvalue weighted by Crippen LogP contribution is -2.53. The van der Waals surface area contributed by atoms with Crippen LogP contribution in [0.1, 0.15) is 63.6 Å². The maximum Gasteiger partial charge on any atom is 0.410 e. The van der Waals surface area contributed by atoms with Crippen molar-refractivity contribution in [3.05, 3.63) is 102 Å². The molecule has 4 aromatic carbocycles. The van der Waals surface area contributed by atoms with Gasteiger partial charge in [-0.1, -0.05) is 54.6 Å². The number of hydrogen-bond donors (Lipinski definition) is 0. The quantitative estimate of drug-likeness (QED) is 0.0968. The van der Waals surface area contributed by atoms with Gasteiger partial charge in [-0.05, 0) is 81.5 Å². The number of likely N-dealkylation sites (tertiary alicyclic amines) is 1. The van der Waals surface area contributed by atoms with Crippen molar-refractivity contribution in [3.63, 3.8) is 0 Å². The highest BCUT2D eigenvalue weighted by molar-refractivity contribution is 5.89. The summed E-state index contributed by atoms with van der Waals surface area (Å²) in [7, 11) is 3.35. The first kappa shape index (κ1) is 42.2. The third-order valence-electron chi connectivity index (χ3n) is 10.1. The molecule has 2 unspecified atom stereocenters. The van der Waals surface area contributed by atoms with Gasteiger partial charge in [-0.25, -0.2) is 4.79 Å². The number of piperidine rings is 1. The lowest BCUT2D eigenvalue weighted by Gasteiger charge is -2.44. The van der Waals surface area contributed by atoms with Crippen LogP contribution in [0.15, 0.2) is 84.9 Å². The van der Waals surface area contributed by atoms with Gasteiger partial charge in [-0.2, -0.15) is 0 Å². The van der Waals surface area contributed by atoms with Crippen LogP contribution >= 0.6 is 0 Å². The molecule has 2 aliphatic heterocycles. The van der Waals surface area contributed by atoms with Gasteiger partial charge in [-0.15, -0.1) is 0 Å². The topological polar surface area (TPSA) is 103 Å². The van der Waals surface area contributed by atoms with Crippen molar-refractivity contribution in [1.29, 1.82) is 0 Å². The molecule has 2 aliphatic rings. The molecule has 11 heteroatoms. The SMILES string of the molecule is COc1ccccc1COCCCOc1ccc(C2C(COC[C@H]3COC(C)(C)O3)CN(C(=O)OC(C)(C)C)C[C@@H]2OCc2cc(OC)c3ccccc3c2)cc1. The van der Waals surface area contributed by atoms with Gasteiger partial charge in [0.15, 0.2) is 5.79 Å². The third kappa shape index (κ3) is 11.8. The standard InChI is InChI=1S/C46H59NO10/c1-45(2,3)57-44(48)47-25-36(29-52-30-38-31-55-46(4,5)56-38)43(42(26-47)54-27-32-23-34-13-8-10-15-39(34)41(24-32)50-7)33-17-19-37(20-18-33)53-22-12-21-51-28-35-14-9-11-16-40(35)49-6/h8-11,13-20,23-24,36,38,42-43H,12,21-22,25-31H2,1-7H3/t36?,38-,42-,43?/m0/s1. The number of carbonyl (C=O) groups is 1. The summed E-state index contributed by atoms with van der Waals surface area (Å²) in [6.45, 7) is 13.3. The number of nitrogens with zero attached hydrogens (tertiary/aromatic N) is 1. The van der Waals surface area contributed by atoms with E-state index in [9.17, 15) is 4.79 Å². The fraction of sp³-hybridized carbons (Fsp3) is 0.500. The molecular formula is C46H59NO10. The van der Waals surface area contributed by atoms with Crippen molar-refractivity contribution in [3.8, 4) is 17.2 Å². The zero-order valence-corrected chi connectivity index (χ0v) is 34.5. The van der Waals surface area contributed by atoms with E-state index in [0.29, 0.717) is 59.3 Å². The number of fused-ring (bicyclic) bond motifs is 1. The molecule has 2 saturated heterocycles. The minimum Gasteiger partial charge on any atom is -0.496 e. The number of benzene rings is 4. The van der Waals surface area contributed by atoms with E-state index >= 15 is 0 Å². The highest BCUT2D eigenvalue weighted by Gasteiger charge is 2.42. The van der Waals surface area contributed by atoms with Crippen molar-refractivity contribution in [2.24, 2.45) is 5.92 Å². The summed E-state index contributed by atoms with van der Waals surface area (Å²) in [6.07, 6.45) is -0.199. The number of para-hydroxylation sites is 1. The molecule has 0 spiro atoms. The smallest absolute Gasteiger partial charge is 0.410 e. The largest absolute Gasteiger partial charge is 0.496 e. The van der Waals surface area contributed by atoms with Crippen molar-refractivity contribution in [2.45, 2.75) is 83.8 Å². The predicted molar refractivity (Wildman–Crippen MR) is 218 cm³/mol. The maximum absolute atomic E-state index is 13.6. The Balaban J connectivity index is 1.18. The second kappa shape index (κ2) is 19.4. The Bertz CT molecular complexity index is 1890. The van der Waals surface area contributed by atoms with Gasteiger partial charge in [0, 0.05) is 35.8 Å². The summed E-state index contributed by atoms with van der Waals surface area (Å²) < 4.78 is 54.1. The van der Waals surface area contributed by atoms with E-state index < -0.39 is 11.4 Å². The Hall–Kier alpha value is -4.39. The predicted octanol–water partition coefficient (Wildman–Crippen LogP) is 8.55. The molecule has 0 aliphatic carbocycles. The molecule has 0 radical (unpaired) electrons. The van der Waals surface area contributed by atoms with E-state index in [4.69, 9.17) is 42.6 Å². The van der Waals surface area contributed by atoms with Crippen LogP contribution < -0.4 is 14.2 Å². The molecule has 57 heavy (non-hydrogen) atoms. The van der Waals surface area contributed by atoms with Gasteiger partial charge in [-0.3, -0.25) is 0 Å². The number of methoxy groups -OCH3 is 2. The lowest BCUT2D eigenvalue weighted by molar-refractivity contribution is -0.146. The van der Waals surface area contributed by atoms with E-state index in [2.05, 4.69) is 24.3 Å². The van der Waals surface area contributed by atoms with E-state index in [1.807, 2.05) is 95.3 Å². The molecule has 0 saturated carbocycles. The first-order valence-electron chi connectivity index (χ1n) is 19.9. The van der Waals surface area contributed by atoms with E-state index in [1.165, 1.54) is 0 Å². The molecule has 6 rings (SSSR count). The van der Waals surface area contributed by atoms with Crippen molar-refractivity contribution in [1.82, 2.24) is 4.90 Å². The van der Waals surface area contributed by atoms with Gasteiger partial charge in [0.1, 0.15) is 29.0 Å². The monoisotopic (exact) mass is 785 g/mol. The Morgan fingerprint density at radius 1 is 0.842 bits per heavy atom. The molecule has 4 aromatic rings. The molecule has 308 valence electrons. The summed E-state index contributed by atoms with van der Waals surface area (Å²) in [5.74, 6) is 1.50. The molecule has 11 nitrogen and oxygen atoms in total.